The first kappa shape index (κ1) is 12.3. The van der Waals surface area contributed by atoms with Crippen molar-refractivity contribution >= 4 is 5.69 Å². The van der Waals surface area contributed by atoms with Gasteiger partial charge >= 0.3 is 0 Å². The summed E-state index contributed by atoms with van der Waals surface area (Å²) in [5.41, 5.74) is 0.813. The van der Waals surface area contributed by atoms with Crippen molar-refractivity contribution in [3.63, 3.8) is 0 Å². The van der Waals surface area contributed by atoms with Gasteiger partial charge < -0.3 is 14.8 Å². The maximum Gasteiger partial charge on any atom is 0.142 e. The Kier molecular flexibility index (Phi) is 5.17. The molecule has 4 nitrogen and oxygen atoms in total. The van der Waals surface area contributed by atoms with Gasteiger partial charge in [-0.05, 0) is 19.1 Å². The topological polar surface area (TPSA) is 54.3 Å². The van der Waals surface area contributed by atoms with Crippen LogP contribution in [0.4, 0.5) is 5.69 Å². The summed E-state index contributed by atoms with van der Waals surface area (Å²) in [4.78, 5) is 0. The molecule has 1 N–H and O–H groups in total. The summed E-state index contributed by atoms with van der Waals surface area (Å²) in [6.07, 6.45) is 0. The van der Waals surface area contributed by atoms with Crippen LogP contribution in [0.3, 0.4) is 0 Å². The number of rotatable bonds is 6. The smallest absolute Gasteiger partial charge is 0.142 e. The average Bonchev–Trinajstić information content (AvgIpc) is 2.31. The first-order chi connectivity index (χ1) is 7.81. The lowest BCUT2D eigenvalue weighted by Crippen LogP contribution is -2.23. The molecule has 1 unspecified atom stereocenters. The largest absolute Gasteiger partial charge is 0.492 e. The van der Waals surface area contributed by atoms with Crippen molar-refractivity contribution in [1.82, 2.24) is 0 Å². The summed E-state index contributed by atoms with van der Waals surface area (Å²) >= 11 is 0. The summed E-state index contributed by atoms with van der Waals surface area (Å²) in [7, 11) is 1.57. The SMILES string of the molecule is CCOc1ccccc1NC(C#N)COC. The number of ether oxygens (including phenoxy) is 2. The molecule has 0 aliphatic rings. The summed E-state index contributed by atoms with van der Waals surface area (Å²) in [5.74, 6) is 0.751. The molecular weight excluding hydrogens is 204 g/mol. The van der Waals surface area contributed by atoms with E-state index in [1.807, 2.05) is 31.2 Å². The van der Waals surface area contributed by atoms with Gasteiger partial charge in [0.05, 0.1) is 25.0 Å². The minimum atomic E-state index is -0.369. The van der Waals surface area contributed by atoms with Gasteiger partial charge in [-0.2, -0.15) is 5.26 Å². The van der Waals surface area contributed by atoms with Crippen LogP contribution in [0.5, 0.6) is 5.75 Å². The highest BCUT2D eigenvalue weighted by Gasteiger charge is 2.09. The summed E-state index contributed by atoms with van der Waals surface area (Å²) < 4.78 is 10.4. The molecule has 16 heavy (non-hydrogen) atoms. The molecule has 1 atom stereocenters. The van der Waals surface area contributed by atoms with Gasteiger partial charge in [-0.3, -0.25) is 0 Å². The Morgan fingerprint density at radius 1 is 1.44 bits per heavy atom. The Balaban J connectivity index is 2.75. The molecule has 0 aliphatic carbocycles. The molecule has 0 fully saturated rings. The minimum absolute atomic E-state index is 0.344. The molecule has 4 heteroatoms. The zero-order valence-electron chi connectivity index (χ0n) is 9.56. The van der Waals surface area contributed by atoms with Crippen molar-refractivity contribution < 1.29 is 9.47 Å². The monoisotopic (exact) mass is 220 g/mol. The quantitative estimate of drug-likeness (QED) is 0.797. The Bertz CT molecular complexity index is 360. The number of para-hydroxylation sites is 2. The van der Waals surface area contributed by atoms with E-state index in [0.29, 0.717) is 13.2 Å². The fraction of sp³-hybridized carbons (Fsp3) is 0.417. The number of anilines is 1. The number of hydrogen-bond acceptors (Lipinski definition) is 4. The number of hydrogen-bond donors (Lipinski definition) is 1. The normalized spacial score (nSPS) is 11.6. The Morgan fingerprint density at radius 2 is 2.19 bits per heavy atom. The fourth-order valence-electron chi connectivity index (χ4n) is 1.33. The van der Waals surface area contributed by atoms with E-state index < -0.39 is 0 Å². The molecule has 1 aromatic carbocycles. The lowest BCUT2D eigenvalue weighted by atomic mass is 10.2. The van der Waals surface area contributed by atoms with Crippen molar-refractivity contribution in [3.05, 3.63) is 24.3 Å². The number of nitrogens with zero attached hydrogens (tertiary/aromatic N) is 1. The van der Waals surface area contributed by atoms with Crippen molar-refractivity contribution in [1.29, 1.82) is 5.26 Å². The Labute approximate surface area is 95.8 Å². The lowest BCUT2D eigenvalue weighted by molar-refractivity contribution is 0.198. The van der Waals surface area contributed by atoms with E-state index in [2.05, 4.69) is 11.4 Å². The molecule has 0 saturated carbocycles. The predicted octanol–water partition coefficient (Wildman–Crippen LogP) is 2.04. The van der Waals surface area contributed by atoms with Crippen LogP contribution >= 0.6 is 0 Å². The summed E-state index contributed by atoms with van der Waals surface area (Å²) in [6.45, 7) is 2.87. The molecule has 1 rings (SSSR count). The van der Waals surface area contributed by atoms with Crippen LogP contribution in [-0.2, 0) is 4.74 Å². The number of methoxy groups -OCH3 is 1. The van der Waals surface area contributed by atoms with Gasteiger partial charge in [-0.25, -0.2) is 0 Å². The standard InChI is InChI=1S/C12H16N2O2/c1-3-16-12-7-5-4-6-11(12)14-10(8-13)9-15-2/h4-7,10,14H,3,9H2,1-2H3. The van der Waals surface area contributed by atoms with Gasteiger partial charge in [-0.15, -0.1) is 0 Å². The van der Waals surface area contributed by atoms with Crippen molar-refractivity contribution in [3.8, 4) is 11.8 Å². The Hall–Kier alpha value is -1.73. The third kappa shape index (κ3) is 3.44. The highest BCUT2D eigenvalue weighted by atomic mass is 16.5. The first-order valence-corrected chi connectivity index (χ1v) is 5.18. The molecule has 0 spiro atoms. The van der Waals surface area contributed by atoms with Crippen LogP contribution in [0, 0.1) is 11.3 Å². The van der Waals surface area contributed by atoms with Crippen LogP contribution in [0.1, 0.15) is 6.92 Å². The molecule has 86 valence electrons. The fourth-order valence-corrected chi connectivity index (χ4v) is 1.33. The van der Waals surface area contributed by atoms with Gasteiger partial charge in [0, 0.05) is 7.11 Å². The van der Waals surface area contributed by atoms with Gasteiger partial charge in [0.25, 0.3) is 0 Å². The van der Waals surface area contributed by atoms with Gasteiger partial charge in [0.15, 0.2) is 0 Å². The average molecular weight is 220 g/mol. The van der Waals surface area contributed by atoms with Crippen LogP contribution in [-0.4, -0.2) is 26.4 Å². The molecular formula is C12H16N2O2. The zero-order valence-corrected chi connectivity index (χ0v) is 9.56. The third-order valence-electron chi connectivity index (χ3n) is 2.01. The first-order valence-electron chi connectivity index (χ1n) is 5.18. The molecule has 1 aromatic rings. The Morgan fingerprint density at radius 3 is 2.81 bits per heavy atom. The van der Waals surface area contributed by atoms with Crippen molar-refractivity contribution in [2.24, 2.45) is 0 Å². The van der Waals surface area contributed by atoms with E-state index in [4.69, 9.17) is 14.7 Å². The predicted molar refractivity (Wildman–Crippen MR) is 62.5 cm³/mol. The van der Waals surface area contributed by atoms with Crippen LogP contribution in [0.15, 0.2) is 24.3 Å². The highest BCUT2D eigenvalue weighted by molar-refractivity contribution is 5.57. The number of nitrogens with one attached hydrogen (secondary N) is 1. The van der Waals surface area contributed by atoms with Crippen molar-refractivity contribution in [2.45, 2.75) is 13.0 Å². The maximum absolute atomic E-state index is 8.91. The molecule has 0 aromatic heterocycles. The van der Waals surface area contributed by atoms with Gasteiger partial charge in [0.2, 0.25) is 0 Å². The summed E-state index contributed by atoms with van der Waals surface area (Å²) in [5, 5.41) is 12.0. The number of benzene rings is 1. The van der Waals surface area contributed by atoms with Crippen LogP contribution in [0.25, 0.3) is 0 Å². The maximum atomic E-state index is 8.91. The second-order valence-corrected chi connectivity index (χ2v) is 3.21. The molecule has 0 heterocycles. The van der Waals surface area contributed by atoms with Gasteiger partial charge in [0.1, 0.15) is 11.8 Å². The molecule has 0 bridgehead atoms. The van der Waals surface area contributed by atoms with E-state index in [0.717, 1.165) is 11.4 Å². The second kappa shape index (κ2) is 6.70. The van der Waals surface area contributed by atoms with E-state index >= 15 is 0 Å². The van der Waals surface area contributed by atoms with Crippen molar-refractivity contribution in [2.75, 3.05) is 25.6 Å². The van der Waals surface area contributed by atoms with E-state index in [9.17, 15) is 0 Å². The number of nitriles is 1. The zero-order chi connectivity index (χ0) is 11.8. The summed E-state index contributed by atoms with van der Waals surface area (Å²) in [6, 6.07) is 9.30. The molecule has 0 radical (unpaired) electrons. The minimum Gasteiger partial charge on any atom is -0.492 e. The highest BCUT2D eigenvalue weighted by Crippen LogP contribution is 2.24. The third-order valence-corrected chi connectivity index (χ3v) is 2.01. The van der Waals surface area contributed by atoms with Crippen LogP contribution in [0.2, 0.25) is 0 Å². The van der Waals surface area contributed by atoms with E-state index in [1.54, 1.807) is 7.11 Å². The van der Waals surface area contributed by atoms with E-state index in [-0.39, 0.29) is 6.04 Å². The van der Waals surface area contributed by atoms with E-state index in [1.165, 1.54) is 0 Å². The van der Waals surface area contributed by atoms with Gasteiger partial charge in [-0.1, -0.05) is 12.1 Å². The molecule has 0 aliphatic heterocycles. The lowest BCUT2D eigenvalue weighted by Gasteiger charge is -2.15. The molecule has 0 saturated heterocycles. The van der Waals surface area contributed by atoms with Crippen LogP contribution < -0.4 is 10.1 Å². The molecule has 0 amide bonds. The second-order valence-electron chi connectivity index (χ2n) is 3.21.